The number of ether oxygens (including phenoxy) is 6. The third-order valence-electron chi connectivity index (χ3n) is 28.4. The van der Waals surface area contributed by atoms with Crippen LogP contribution in [-0.4, -0.2) is 42.7 Å². The van der Waals surface area contributed by atoms with Crippen molar-refractivity contribution < 1.29 is 28.4 Å². The van der Waals surface area contributed by atoms with E-state index in [1.165, 1.54) is 139 Å². The van der Waals surface area contributed by atoms with Crippen LogP contribution in [0.1, 0.15) is 254 Å². The van der Waals surface area contributed by atoms with Gasteiger partial charge in [0.15, 0.2) is 0 Å². The zero-order chi connectivity index (χ0) is 94.1. The first-order valence-corrected chi connectivity index (χ1v) is 51.0. The van der Waals surface area contributed by atoms with Gasteiger partial charge in [0.2, 0.25) is 0 Å². The number of hydrogen-bond acceptors (Lipinski definition) is 6. The van der Waals surface area contributed by atoms with E-state index in [2.05, 4.69) is 187 Å². The second-order valence-corrected chi connectivity index (χ2v) is 40.9. The van der Waals surface area contributed by atoms with Crippen molar-refractivity contribution in [1.82, 2.24) is 0 Å². The van der Waals surface area contributed by atoms with Gasteiger partial charge >= 0.3 is 0 Å². The van der Waals surface area contributed by atoms with Crippen molar-refractivity contribution >= 4 is 139 Å². The lowest BCUT2D eigenvalue weighted by atomic mass is 9.73. The summed E-state index contributed by atoms with van der Waals surface area (Å²) in [5.74, 6) is 11.9. The van der Waals surface area contributed by atoms with Crippen molar-refractivity contribution in [3.63, 3.8) is 0 Å². The van der Waals surface area contributed by atoms with Crippen LogP contribution in [0, 0.1) is 35.5 Å². The molecule has 6 aliphatic rings. The number of methoxy groups -OCH3 is 6. The molecule has 132 heavy (non-hydrogen) atoms. The molecular weight excluding hydrogens is 1890 g/mol. The fourth-order valence-corrected chi connectivity index (χ4v) is 22.6. The van der Waals surface area contributed by atoms with Crippen LogP contribution in [0.15, 0.2) is 218 Å². The van der Waals surface area contributed by atoms with E-state index < -0.39 is 0 Å². The van der Waals surface area contributed by atoms with Crippen molar-refractivity contribution in [2.24, 2.45) is 35.5 Å². The quantitative estimate of drug-likeness (QED) is 0.0853. The lowest BCUT2D eigenvalue weighted by molar-refractivity contribution is 0.378. The van der Waals surface area contributed by atoms with E-state index in [4.69, 9.17) is 168 Å². The molecule has 0 unspecified atom stereocenters. The Morgan fingerprint density at radius 3 is 0.591 bits per heavy atom. The summed E-state index contributed by atoms with van der Waals surface area (Å²) in [4.78, 5) is 0. The maximum atomic E-state index is 6.24. The maximum Gasteiger partial charge on any atom is 0.122 e. The molecule has 0 N–H and O–H groups in total. The van der Waals surface area contributed by atoms with E-state index in [9.17, 15) is 0 Å². The van der Waals surface area contributed by atoms with Crippen molar-refractivity contribution in [2.75, 3.05) is 42.7 Å². The molecule has 0 aliphatic heterocycles. The average molecular weight is 2010 g/mol. The normalized spacial score (nSPS) is 20.5. The van der Waals surface area contributed by atoms with Gasteiger partial charge in [-0.1, -0.05) is 304 Å². The zero-order valence-corrected chi connectivity index (χ0v) is 86.5. The summed E-state index contributed by atoms with van der Waals surface area (Å²) in [5, 5.41) is 7.40. The average Bonchev–Trinajstić information content (AvgIpc) is 0.784. The Bertz CT molecular complexity index is 5340. The highest BCUT2D eigenvalue weighted by Crippen LogP contribution is 2.52. The molecule has 0 aromatic heterocycles. The van der Waals surface area contributed by atoms with Crippen molar-refractivity contribution in [3.8, 4) is 34.5 Å². The highest BCUT2D eigenvalue weighted by atomic mass is 35.5. The second-order valence-electron chi connectivity index (χ2n) is 36.0. The number of halogens is 12. The van der Waals surface area contributed by atoms with E-state index in [1.807, 2.05) is 72.8 Å². The molecular formula is C114H120Cl12O6. The number of rotatable bonds is 18. The molecule has 0 amide bonds. The van der Waals surface area contributed by atoms with Gasteiger partial charge < -0.3 is 28.4 Å². The number of fused-ring (bicyclic) bond motifs is 6. The van der Waals surface area contributed by atoms with Gasteiger partial charge in [-0.15, -0.1) is 0 Å². The van der Waals surface area contributed by atoms with Gasteiger partial charge in [0.1, 0.15) is 34.5 Å². The molecule has 18 heteroatoms. The predicted molar refractivity (Wildman–Crippen MR) is 560 cm³/mol. The lowest BCUT2D eigenvalue weighted by Gasteiger charge is -2.33. The van der Waals surface area contributed by atoms with Crippen LogP contribution in [-0.2, 0) is 38.5 Å². The Balaban J connectivity index is 0.000000135. The summed E-state index contributed by atoms with van der Waals surface area (Å²) in [6, 6.07) is 74.5. The molecule has 12 aromatic rings. The molecule has 0 fully saturated rings. The topological polar surface area (TPSA) is 55.4 Å². The highest BCUT2D eigenvalue weighted by molar-refractivity contribution is 6.44. The Hall–Kier alpha value is -7.08. The van der Waals surface area contributed by atoms with Crippen molar-refractivity contribution in [1.29, 1.82) is 0 Å². The molecule has 18 rings (SSSR count). The highest BCUT2D eigenvalue weighted by Gasteiger charge is 2.36. The molecule has 0 heterocycles. The minimum absolute atomic E-state index is 0.319. The largest absolute Gasteiger partial charge is 0.497 e. The Morgan fingerprint density at radius 1 is 0.205 bits per heavy atom. The minimum atomic E-state index is 0.319. The predicted octanol–water partition coefficient (Wildman–Crippen LogP) is 36.6. The van der Waals surface area contributed by atoms with Gasteiger partial charge in [-0.05, 0) is 335 Å². The van der Waals surface area contributed by atoms with Crippen molar-refractivity contribution in [2.45, 2.75) is 193 Å². The Morgan fingerprint density at radius 2 is 0.402 bits per heavy atom. The van der Waals surface area contributed by atoms with Gasteiger partial charge in [-0.25, -0.2) is 0 Å². The van der Waals surface area contributed by atoms with E-state index in [1.54, 1.807) is 42.7 Å². The summed E-state index contributed by atoms with van der Waals surface area (Å²) in [7, 11) is 10.4. The SMILES string of the molecule is CC[C@@H]1Cc2ccc(OC)cc2[C@@H](c2ccc(Cl)c(Cl)c2)C1.CC[C@@H]1Cc2ccc(OC)cc2[C@H](c2ccc(Cl)c(Cl)c2)C1.CC[C@@H]1Cc2cccc(OC)c2[C@H](c2ccc(Cl)c(Cl)c2)C1.CC[C@H]1Cc2ccc(OC)cc2[C@@H](c2ccc(Cl)c(Cl)c2)C1.CC[C@H]1Cc2ccc(OC)cc2[C@H](c2ccc(Cl)c(Cl)c2)C1.CC[C@H]1Cc2cccc(OC)c2[C@@H](c2ccc(Cl)c(Cl)c2)C1. The van der Waals surface area contributed by atoms with Gasteiger partial charge in [-0.3, -0.25) is 0 Å². The molecule has 6 nitrogen and oxygen atoms in total. The molecule has 0 bridgehead atoms. The fraction of sp³-hybridized carbons (Fsp3) is 0.368. The molecule has 0 radical (unpaired) electrons. The van der Waals surface area contributed by atoms with Gasteiger partial charge in [0.05, 0.1) is 103 Å². The van der Waals surface area contributed by atoms with E-state index in [-0.39, 0.29) is 0 Å². The second kappa shape index (κ2) is 48.3. The Kier molecular flexibility index (Phi) is 37.4. The number of benzene rings is 12. The third-order valence-corrected chi connectivity index (χ3v) is 32.8. The van der Waals surface area contributed by atoms with Crippen molar-refractivity contribution in [3.05, 3.63) is 379 Å². The summed E-state index contributed by atoms with van der Waals surface area (Å²) in [6.45, 7) is 13.6. The lowest BCUT2D eigenvalue weighted by Crippen LogP contribution is -2.20. The van der Waals surface area contributed by atoms with Crippen LogP contribution in [0.2, 0.25) is 60.3 Å². The van der Waals surface area contributed by atoms with Crippen LogP contribution < -0.4 is 28.4 Å². The fourth-order valence-electron chi connectivity index (χ4n) is 20.7. The summed E-state index contributed by atoms with van der Waals surface area (Å²) in [6.07, 6.45) is 20.8. The molecule has 0 saturated carbocycles. The van der Waals surface area contributed by atoms with E-state index in [0.29, 0.717) is 131 Å². The third kappa shape index (κ3) is 24.9. The van der Waals surface area contributed by atoms with Crippen LogP contribution in [0.4, 0.5) is 0 Å². The summed E-state index contributed by atoms with van der Waals surface area (Å²) >= 11 is 73.9. The van der Waals surface area contributed by atoms with E-state index >= 15 is 0 Å². The molecule has 12 aromatic carbocycles. The van der Waals surface area contributed by atoms with Gasteiger partial charge in [0.25, 0.3) is 0 Å². The molecule has 12 atom stereocenters. The van der Waals surface area contributed by atoms with Gasteiger partial charge in [-0.2, -0.15) is 0 Å². The first kappa shape index (κ1) is 102. The first-order chi connectivity index (χ1) is 63.7. The van der Waals surface area contributed by atoms with Crippen LogP contribution in [0.25, 0.3) is 0 Å². The molecule has 0 saturated heterocycles. The monoisotopic (exact) mass is 2000 g/mol. The maximum absolute atomic E-state index is 6.24. The van der Waals surface area contributed by atoms with Crippen LogP contribution >= 0.6 is 139 Å². The first-order valence-electron chi connectivity index (χ1n) is 46.4. The van der Waals surface area contributed by atoms with Gasteiger partial charge in [0, 0.05) is 46.6 Å². The summed E-state index contributed by atoms with van der Waals surface area (Å²) < 4.78 is 32.9. The van der Waals surface area contributed by atoms with Crippen LogP contribution in [0.3, 0.4) is 0 Å². The molecule has 6 aliphatic carbocycles. The smallest absolute Gasteiger partial charge is 0.122 e. The number of hydrogen-bond donors (Lipinski definition) is 0. The molecule has 696 valence electrons. The standard InChI is InChI=1S/6C19H20Cl2O/c4*1-3-12-8-13-4-6-15(22-2)11-17(13)16(9-12)14-5-7-18(20)19(21)10-14;2*1-3-12-9-14-5-4-6-18(22-2)19(14)15(10-12)13-7-8-16(20)17(21)11-13/h4*4-7,10-12,16H,3,8-9H2,1-2H3;2*4-8,11-12,15H,3,9-10H2,1-2H3/t2*12-,16+;2*12-,16-;2*12-,15+/m101010/s1. The van der Waals surface area contributed by atoms with E-state index in [0.717, 1.165) is 112 Å². The molecule has 0 spiro atoms. The zero-order valence-electron chi connectivity index (χ0n) is 77.4. The summed E-state index contributed by atoms with van der Waals surface area (Å²) in [5.41, 5.74) is 24.0. The minimum Gasteiger partial charge on any atom is -0.497 e. The Labute approximate surface area is 844 Å². The van der Waals surface area contributed by atoms with Crippen LogP contribution in [0.5, 0.6) is 34.5 Å².